The van der Waals surface area contributed by atoms with Gasteiger partial charge >= 0.3 is 0 Å². The summed E-state index contributed by atoms with van der Waals surface area (Å²) in [6, 6.07) is 7.76. The summed E-state index contributed by atoms with van der Waals surface area (Å²) in [5.74, 6) is -0.0545. The molecule has 1 unspecified atom stereocenters. The quantitative estimate of drug-likeness (QED) is 0.757. The van der Waals surface area contributed by atoms with Gasteiger partial charge in [-0.2, -0.15) is 0 Å². The van der Waals surface area contributed by atoms with E-state index in [1.54, 1.807) is 13.2 Å². The van der Waals surface area contributed by atoms with Gasteiger partial charge in [0, 0.05) is 11.9 Å². The lowest BCUT2D eigenvalue weighted by molar-refractivity contribution is -0.121. The van der Waals surface area contributed by atoms with Crippen molar-refractivity contribution in [2.45, 2.75) is 13.0 Å². The molecule has 0 radical (unpaired) electrons. The summed E-state index contributed by atoms with van der Waals surface area (Å²) in [5, 5.41) is 8.94. The number of allylic oxidation sites excluding steroid dienone is 1. The molecule has 1 aromatic rings. The summed E-state index contributed by atoms with van der Waals surface area (Å²) in [6.45, 7) is 1.82. The fourth-order valence-corrected chi connectivity index (χ4v) is 1.62. The Kier molecular flexibility index (Phi) is 3.79. The van der Waals surface area contributed by atoms with Crippen LogP contribution in [0, 0.1) is 0 Å². The largest absolute Gasteiger partial charge is 0.359 e. The van der Waals surface area contributed by atoms with Crippen molar-refractivity contribution >= 4 is 17.7 Å². The van der Waals surface area contributed by atoms with Crippen LogP contribution in [-0.4, -0.2) is 19.0 Å². The van der Waals surface area contributed by atoms with Crippen LogP contribution in [0.25, 0.3) is 6.08 Å². The number of benzene rings is 1. The Bertz CT molecular complexity index is 506. The molecule has 2 rings (SSSR count). The van der Waals surface area contributed by atoms with E-state index in [0.717, 1.165) is 16.9 Å². The number of hydrogen-bond donors (Lipinski definition) is 3. The Morgan fingerprint density at radius 1 is 1.28 bits per heavy atom. The third-order valence-corrected chi connectivity index (χ3v) is 2.88. The van der Waals surface area contributed by atoms with Gasteiger partial charge < -0.3 is 16.0 Å². The molecule has 1 aromatic carbocycles. The van der Waals surface area contributed by atoms with E-state index in [2.05, 4.69) is 16.0 Å². The molecule has 0 aromatic heterocycles. The van der Waals surface area contributed by atoms with E-state index in [0.29, 0.717) is 0 Å². The number of nitrogens with one attached hydrogen (secondary N) is 3. The third kappa shape index (κ3) is 2.78. The Morgan fingerprint density at radius 3 is 2.83 bits per heavy atom. The monoisotopic (exact) mass is 243 g/mol. The first-order valence-electron chi connectivity index (χ1n) is 5.92. The second-order valence-corrected chi connectivity index (χ2v) is 4.16. The van der Waals surface area contributed by atoms with Crippen molar-refractivity contribution in [1.29, 1.82) is 0 Å². The Morgan fingerprint density at radius 2 is 2.06 bits per heavy atom. The first-order valence-corrected chi connectivity index (χ1v) is 5.92. The Balaban J connectivity index is 2.10. The predicted molar refractivity (Wildman–Crippen MR) is 73.8 cm³/mol. The van der Waals surface area contributed by atoms with Crippen molar-refractivity contribution in [2.75, 3.05) is 12.4 Å². The van der Waals surface area contributed by atoms with E-state index in [1.165, 1.54) is 0 Å². The summed E-state index contributed by atoms with van der Waals surface area (Å²) < 4.78 is 0. The highest BCUT2D eigenvalue weighted by atomic mass is 16.2. The first kappa shape index (κ1) is 12.4. The highest BCUT2D eigenvalue weighted by Crippen LogP contribution is 2.19. The molecule has 1 aliphatic heterocycles. The van der Waals surface area contributed by atoms with Gasteiger partial charge in [-0.3, -0.25) is 4.79 Å². The maximum atomic E-state index is 11.8. The molecule has 1 atom stereocenters. The molecule has 0 spiro atoms. The molecule has 1 heterocycles. The molecular weight excluding hydrogens is 226 g/mol. The molecule has 1 amide bonds. The number of carbonyl (C=O) groups is 1. The minimum Gasteiger partial charge on any atom is -0.359 e. The van der Waals surface area contributed by atoms with Gasteiger partial charge in [-0.25, -0.2) is 0 Å². The Hall–Kier alpha value is -2.07. The van der Waals surface area contributed by atoms with Gasteiger partial charge in [-0.05, 0) is 31.7 Å². The molecule has 0 bridgehead atoms. The fourth-order valence-electron chi connectivity index (χ4n) is 1.62. The van der Waals surface area contributed by atoms with Crippen LogP contribution >= 0.6 is 0 Å². The number of hydrogen-bond acceptors (Lipinski definition) is 3. The zero-order valence-corrected chi connectivity index (χ0v) is 10.5. The maximum absolute atomic E-state index is 11.8. The summed E-state index contributed by atoms with van der Waals surface area (Å²) in [5.41, 5.74) is 2.87. The van der Waals surface area contributed by atoms with Crippen LogP contribution in [0.4, 0.5) is 5.69 Å². The van der Waals surface area contributed by atoms with Gasteiger partial charge in [0.15, 0.2) is 0 Å². The van der Waals surface area contributed by atoms with Crippen LogP contribution in [0.5, 0.6) is 0 Å². The molecule has 3 N–H and O–H groups in total. The standard InChI is InChI=1S/C14H17N3O/c1-10(15-2)14(18)17-12-8-7-11-5-3-4-6-13(11)16-9-12/h3-10,15-16H,1-2H3,(H,17,18). The van der Waals surface area contributed by atoms with Gasteiger partial charge in [-0.1, -0.05) is 24.3 Å². The van der Waals surface area contributed by atoms with E-state index in [-0.39, 0.29) is 11.9 Å². The Labute approximate surface area is 107 Å². The zero-order chi connectivity index (χ0) is 13.0. The zero-order valence-electron chi connectivity index (χ0n) is 10.5. The number of rotatable bonds is 3. The van der Waals surface area contributed by atoms with Crippen molar-refractivity contribution in [3.05, 3.63) is 47.8 Å². The van der Waals surface area contributed by atoms with Crippen molar-refractivity contribution in [3.8, 4) is 0 Å². The molecule has 0 saturated carbocycles. The van der Waals surface area contributed by atoms with Crippen LogP contribution in [-0.2, 0) is 4.79 Å². The number of anilines is 1. The first-order chi connectivity index (χ1) is 8.70. The second-order valence-electron chi connectivity index (χ2n) is 4.16. The SMILES string of the molecule is CNC(C)C(=O)NC1=CNc2ccccc2C=C1. The van der Waals surface area contributed by atoms with E-state index >= 15 is 0 Å². The van der Waals surface area contributed by atoms with E-state index in [1.807, 2.05) is 43.3 Å². The molecule has 0 saturated heterocycles. The number of amides is 1. The lowest BCUT2D eigenvalue weighted by Crippen LogP contribution is -2.39. The highest BCUT2D eigenvalue weighted by molar-refractivity contribution is 5.84. The number of carbonyl (C=O) groups excluding carboxylic acids is 1. The van der Waals surface area contributed by atoms with Crippen molar-refractivity contribution < 1.29 is 4.79 Å². The second kappa shape index (κ2) is 5.51. The van der Waals surface area contributed by atoms with Crippen LogP contribution < -0.4 is 16.0 Å². The van der Waals surface area contributed by atoms with E-state index < -0.39 is 0 Å². The van der Waals surface area contributed by atoms with Gasteiger partial charge in [0.05, 0.1) is 11.7 Å². The normalized spacial score (nSPS) is 14.9. The molecule has 0 aliphatic carbocycles. The van der Waals surface area contributed by atoms with Crippen LogP contribution in [0.2, 0.25) is 0 Å². The van der Waals surface area contributed by atoms with Crippen molar-refractivity contribution in [1.82, 2.24) is 10.6 Å². The molecule has 94 valence electrons. The topological polar surface area (TPSA) is 53.2 Å². The van der Waals surface area contributed by atoms with Crippen LogP contribution in [0.3, 0.4) is 0 Å². The summed E-state index contributed by atoms with van der Waals surface area (Å²) >= 11 is 0. The molecular formula is C14H17N3O. The molecule has 1 aliphatic rings. The highest BCUT2D eigenvalue weighted by Gasteiger charge is 2.11. The van der Waals surface area contributed by atoms with Crippen LogP contribution in [0.15, 0.2) is 42.2 Å². The van der Waals surface area contributed by atoms with Gasteiger partial charge in [0.1, 0.15) is 0 Å². The van der Waals surface area contributed by atoms with Crippen molar-refractivity contribution in [2.24, 2.45) is 0 Å². The average molecular weight is 243 g/mol. The summed E-state index contributed by atoms with van der Waals surface area (Å²) in [7, 11) is 1.76. The average Bonchev–Trinajstić information content (AvgIpc) is 2.61. The van der Waals surface area contributed by atoms with Crippen LogP contribution in [0.1, 0.15) is 12.5 Å². The molecule has 4 nitrogen and oxygen atoms in total. The van der Waals surface area contributed by atoms with Crippen molar-refractivity contribution in [3.63, 3.8) is 0 Å². The number of likely N-dealkylation sites (N-methyl/N-ethyl adjacent to an activating group) is 1. The number of para-hydroxylation sites is 1. The van der Waals surface area contributed by atoms with E-state index in [4.69, 9.17) is 0 Å². The van der Waals surface area contributed by atoms with E-state index in [9.17, 15) is 4.79 Å². The number of fused-ring (bicyclic) bond motifs is 1. The predicted octanol–water partition coefficient (Wildman–Crippen LogP) is 1.69. The van der Waals surface area contributed by atoms with Gasteiger partial charge in [-0.15, -0.1) is 0 Å². The lowest BCUT2D eigenvalue weighted by Gasteiger charge is -2.11. The van der Waals surface area contributed by atoms with Gasteiger partial charge in [0.25, 0.3) is 0 Å². The minimum absolute atomic E-state index is 0.0545. The minimum atomic E-state index is -0.218. The molecule has 0 fully saturated rings. The smallest absolute Gasteiger partial charge is 0.241 e. The lowest BCUT2D eigenvalue weighted by atomic mass is 10.1. The maximum Gasteiger partial charge on any atom is 0.241 e. The fraction of sp³-hybridized carbons (Fsp3) is 0.214. The molecule has 18 heavy (non-hydrogen) atoms. The summed E-state index contributed by atoms with van der Waals surface area (Å²) in [4.78, 5) is 11.8. The summed E-state index contributed by atoms with van der Waals surface area (Å²) in [6.07, 6.45) is 5.66. The molecule has 4 heteroatoms. The third-order valence-electron chi connectivity index (χ3n) is 2.88. The van der Waals surface area contributed by atoms with Gasteiger partial charge in [0.2, 0.25) is 5.91 Å².